The van der Waals surface area contributed by atoms with Crippen molar-refractivity contribution in [2.24, 2.45) is 5.92 Å². The van der Waals surface area contributed by atoms with Crippen LogP contribution in [-0.2, 0) is 15.1 Å². The Morgan fingerprint density at radius 3 is 2.48 bits per heavy atom. The second-order valence-corrected chi connectivity index (χ2v) is 6.84. The van der Waals surface area contributed by atoms with Gasteiger partial charge >= 0.3 is 6.03 Å². The molecule has 2 atom stereocenters. The van der Waals surface area contributed by atoms with Crippen LogP contribution in [-0.4, -0.2) is 35.8 Å². The van der Waals surface area contributed by atoms with E-state index in [4.69, 9.17) is 11.6 Å². The van der Waals surface area contributed by atoms with E-state index in [1.165, 1.54) is 0 Å². The Balaban J connectivity index is 2.15. The maximum absolute atomic E-state index is 12.9. The zero-order valence-electron chi connectivity index (χ0n) is 14.8. The molecule has 1 saturated heterocycles. The molecule has 1 aromatic carbocycles. The van der Waals surface area contributed by atoms with E-state index in [2.05, 4.69) is 10.6 Å². The fourth-order valence-corrected chi connectivity index (χ4v) is 2.90. The summed E-state index contributed by atoms with van der Waals surface area (Å²) in [7, 11) is 0. The van der Waals surface area contributed by atoms with Gasteiger partial charge < -0.3 is 10.6 Å². The maximum atomic E-state index is 12.9. The molecule has 7 heteroatoms. The van der Waals surface area contributed by atoms with E-state index in [9.17, 15) is 14.4 Å². The highest BCUT2D eigenvalue weighted by Crippen LogP contribution is 2.32. The molecule has 1 fully saturated rings. The molecular weight excluding hydrogens is 342 g/mol. The molecule has 25 heavy (non-hydrogen) atoms. The van der Waals surface area contributed by atoms with Crippen LogP contribution in [0.4, 0.5) is 4.79 Å². The van der Waals surface area contributed by atoms with Crippen LogP contribution in [0.25, 0.3) is 0 Å². The van der Waals surface area contributed by atoms with Crippen molar-refractivity contribution in [2.75, 3.05) is 13.1 Å². The fraction of sp³-hybridized carbons (Fsp3) is 0.500. The number of nitrogens with one attached hydrogen (secondary N) is 2. The molecule has 0 radical (unpaired) electrons. The van der Waals surface area contributed by atoms with Gasteiger partial charge in [-0.15, -0.1) is 0 Å². The van der Waals surface area contributed by atoms with Gasteiger partial charge in [-0.05, 0) is 30.0 Å². The molecule has 2 rings (SSSR count). The highest BCUT2D eigenvalue weighted by molar-refractivity contribution is 6.30. The van der Waals surface area contributed by atoms with E-state index in [-0.39, 0.29) is 12.5 Å². The van der Waals surface area contributed by atoms with Crippen LogP contribution in [0, 0.1) is 5.92 Å². The summed E-state index contributed by atoms with van der Waals surface area (Å²) < 4.78 is 0. The summed E-state index contributed by atoms with van der Waals surface area (Å²) in [6, 6.07) is 6.23. The van der Waals surface area contributed by atoms with Gasteiger partial charge in [-0.25, -0.2) is 4.79 Å². The standard InChI is InChI=1S/C18H24ClN3O3/c1-4-12(3)10-20-15(23)11-22-16(24)18(5-2,21-17(22)25)13-6-8-14(19)9-7-13/h6-9,12H,4-5,10-11H2,1-3H3,(H,20,23)(H,21,25)/t12-,18+/m0/s1. The number of hydrogen-bond donors (Lipinski definition) is 2. The lowest BCUT2D eigenvalue weighted by Crippen LogP contribution is -2.45. The predicted molar refractivity (Wildman–Crippen MR) is 96.1 cm³/mol. The van der Waals surface area contributed by atoms with E-state index in [1.54, 1.807) is 24.3 Å². The van der Waals surface area contributed by atoms with Gasteiger partial charge in [-0.2, -0.15) is 0 Å². The van der Waals surface area contributed by atoms with Crippen molar-refractivity contribution in [3.8, 4) is 0 Å². The van der Waals surface area contributed by atoms with Gasteiger partial charge in [0.05, 0.1) is 0 Å². The number of nitrogens with zero attached hydrogens (tertiary/aromatic N) is 1. The van der Waals surface area contributed by atoms with Gasteiger partial charge in [0, 0.05) is 11.6 Å². The zero-order chi connectivity index (χ0) is 18.6. The Hall–Kier alpha value is -2.08. The minimum Gasteiger partial charge on any atom is -0.354 e. The first-order valence-corrected chi connectivity index (χ1v) is 8.88. The van der Waals surface area contributed by atoms with E-state index in [0.717, 1.165) is 11.3 Å². The van der Waals surface area contributed by atoms with Crippen LogP contribution in [0.5, 0.6) is 0 Å². The normalized spacial score (nSPS) is 21.2. The Morgan fingerprint density at radius 1 is 1.28 bits per heavy atom. The summed E-state index contributed by atoms with van der Waals surface area (Å²) in [5.41, 5.74) is -0.501. The van der Waals surface area contributed by atoms with Gasteiger partial charge in [0.1, 0.15) is 12.1 Å². The SMILES string of the molecule is CC[C@H](C)CNC(=O)CN1C(=O)N[C@](CC)(c2ccc(Cl)cc2)C1=O. The van der Waals surface area contributed by atoms with Crippen molar-refractivity contribution in [2.45, 2.75) is 39.2 Å². The van der Waals surface area contributed by atoms with Gasteiger partial charge in [0.25, 0.3) is 5.91 Å². The van der Waals surface area contributed by atoms with Crippen molar-refractivity contribution in [3.63, 3.8) is 0 Å². The molecule has 1 aliphatic heterocycles. The minimum absolute atomic E-state index is 0.281. The van der Waals surface area contributed by atoms with E-state index < -0.39 is 17.5 Å². The van der Waals surface area contributed by atoms with Gasteiger partial charge in [-0.3, -0.25) is 14.5 Å². The first kappa shape index (κ1) is 19.2. The first-order chi connectivity index (χ1) is 11.8. The number of carbonyl (C=O) groups excluding carboxylic acids is 3. The van der Waals surface area contributed by atoms with Crippen LogP contribution >= 0.6 is 11.6 Å². The molecule has 0 spiro atoms. The molecule has 0 saturated carbocycles. The van der Waals surface area contributed by atoms with E-state index in [1.807, 2.05) is 20.8 Å². The van der Waals surface area contributed by atoms with Crippen LogP contribution in [0.2, 0.25) is 5.02 Å². The number of urea groups is 1. The molecule has 0 unspecified atom stereocenters. The Labute approximate surface area is 152 Å². The molecule has 6 nitrogen and oxygen atoms in total. The second-order valence-electron chi connectivity index (χ2n) is 6.40. The summed E-state index contributed by atoms with van der Waals surface area (Å²) in [4.78, 5) is 38.3. The number of imide groups is 1. The summed E-state index contributed by atoms with van der Waals surface area (Å²) in [5.74, 6) is -0.413. The van der Waals surface area contributed by atoms with Crippen LogP contribution in [0.1, 0.15) is 39.2 Å². The number of rotatable bonds is 7. The Morgan fingerprint density at radius 2 is 1.92 bits per heavy atom. The molecule has 2 N–H and O–H groups in total. The average molecular weight is 366 g/mol. The van der Waals surface area contributed by atoms with Crippen LogP contribution in [0.15, 0.2) is 24.3 Å². The third-order valence-corrected chi connectivity index (χ3v) is 4.94. The number of amides is 4. The van der Waals surface area contributed by atoms with E-state index in [0.29, 0.717) is 29.5 Å². The van der Waals surface area contributed by atoms with Crippen LogP contribution < -0.4 is 10.6 Å². The third-order valence-electron chi connectivity index (χ3n) is 4.69. The highest BCUT2D eigenvalue weighted by atomic mass is 35.5. The monoisotopic (exact) mass is 365 g/mol. The van der Waals surface area contributed by atoms with Crippen LogP contribution in [0.3, 0.4) is 0 Å². The lowest BCUT2D eigenvalue weighted by atomic mass is 9.87. The van der Waals surface area contributed by atoms with Crippen molar-refractivity contribution >= 4 is 29.4 Å². The molecule has 1 heterocycles. The molecule has 0 aromatic heterocycles. The summed E-state index contributed by atoms with van der Waals surface area (Å²) in [6.45, 7) is 6.12. The van der Waals surface area contributed by atoms with Crippen molar-refractivity contribution in [1.82, 2.24) is 15.5 Å². The van der Waals surface area contributed by atoms with Crippen molar-refractivity contribution in [3.05, 3.63) is 34.9 Å². The topological polar surface area (TPSA) is 78.5 Å². The maximum Gasteiger partial charge on any atom is 0.325 e. The van der Waals surface area contributed by atoms with Crippen molar-refractivity contribution in [1.29, 1.82) is 0 Å². The predicted octanol–water partition coefficient (Wildman–Crippen LogP) is 2.66. The average Bonchev–Trinajstić information content (AvgIpc) is 2.85. The summed E-state index contributed by atoms with van der Waals surface area (Å²) in [6.07, 6.45) is 1.32. The zero-order valence-corrected chi connectivity index (χ0v) is 15.5. The second kappa shape index (κ2) is 7.87. The lowest BCUT2D eigenvalue weighted by Gasteiger charge is -2.25. The van der Waals surface area contributed by atoms with Gasteiger partial charge in [-0.1, -0.05) is 50.9 Å². The highest BCUT2D eigenvalue weighted by Gasteiger charge is 2.51. The number of halogens is 1. The third kappa shape index (κ3) is 3.95. The van der Waals surface area contributed by atoms with Gasteiger partial charge in [0.15, 0.2) is 0 Å². The lowest BCUT2D eigenvalue weighted by molar-refractivity contribution is -0.135. The first-order valence-electron chi connectivity index (χ1n) is 8.50. The molecular formula is C18H24ClN3O3. The molecule has 1 aliphatic rings. The fourth-order valence-electron chi connectivity index (χ4n) is 2.78. The minimum atomic E-state index is -1.15. The molecule has 0 aliphatic carbocycles. The number of carbonyl (C=O) groups is 3. The molecule has 1 aromatic rings. The Bertz CT molecular complexity index is 662. The van der Waals surface area contributed by atoms with E-state index >= 15 is 0 Å². The van der Waals surface area contributed by atoms with Gasteiger partial charge in [0.2, 0.25) is 5.91 Å². The summed E-state index contributed by atoms with van der Waals surface area (Å²) in [5, 5.41) is 6.06. The summed E-state index contributed by atoms with van der Waals surface area (Å²) >= 11 is 5.91. The number of benzene rings is 1. The molecule has 0 bridgehead atoms. The Kier molecular flexibility index (Phi) is 6.06. The molecule has 136 valence electrons. The number of hydrogen-bond acceptors (Lipinski definition) is 3. The van der Waals surface area contributed by atoms with Crippen molar-refractivity contribution < 1.29 is 14.4 Å². The molecule has 4 amide bonds. The smallest absolute Gasteiger partial charge is 0.325 e. The quantitative estimate of drug-likeness (QED) is 0.729. The largest absolute Gasteiger partial charge is 0.354 e.